The van der Waals surface area contributed by atoms with Crippen molar-refractivity contribution >= 4 is 39.7 Å². The van der Waals surface area contributed by atoms with Crippen molar-refractivity contribution in [2.24, 2.45) is 11.7 Å². The van der Waals surface area contributed by atoms with E-state index in [0.717, 1.165) is 29.3 Å². The van der Waals surface area contributed by atoms with Crippen LogP contribution in [-0.2, 0) is 0 Å². The van der Waals surface area contributed by atoms with E-state index in [1.807, 2.05) is 42.5 Å². The molecule has 0 bridgehead atoms. The summed E-state index contributed by atoms with van der Waals surface area (Å²) >= 11 is 5.03. The fourth-order valence-electron chi connectivity index (χ4n) is 2.48. The van der Waals surface area contributed by atoms with Crippen molar-refractivity contribution in [2.75, 3.05) is 5.32 Å². The molecule has 4 N–H and O–H groups in total. The Labute approximate surface area is 128 Å². The molecule has 1 fully saturated rings. The summed E-state index contributed by atoms with van der Waals surface area (Å²) in [6.07, 6.45) is 2.13. The number of hydrogen-bond acceptors (Lipinski definition) is 2. The summed E-state index contributed by atoms with van der Waals surface area (Å²) < 4.78 is 0. The quantitative estimate of drug-likeness (QED) is 0.760. The molecule has 3 rings (SSSR count). The first-order chi connectivity index (χ1) is 10.1. The zero-order chi connectivity index (χ0) is 14.8. The lowest BCUT2D eigenvalue weighted by Gasteiger charge is -2.17. The van der Waals surface area contributed by atoms with Crippen molar-refractivity contribution in [2.45, 2.75) is 18.9 Å². The third-order valence-electron chi connectivity index (χ3n) is 3.72. The number of rotatable bonds is 4. The van der Waals surface area contributed by atoms with E-state index >= 15 is 0 Å². The average Bonchev–Trinajstić information content (AvgIpc) is 3.29. The molecule has 1 saturated carbocycles. The molecule has 0 aliphatic heterocycles. The van der Waals surface area contributed by atoms with E-state index in [9.17, 15) is 4.79 Å². The third-order valence-corrected chi connectivity index (χ3v) is 3.98. The minimum absolute atomic E-state index is 0.213. The van der Waals surface area contributed by atoms with Gasteiger partial charge < -0.3 is 16.4 Å². The van der Waals surface area contributed by atoms with Crippen LogP contribution < -0.4 is 16.4 Å². The van der Waals surface area contributed by atoms with E-state index in [1.165, 1.54) is 0 Å². The zero-order valence-corrected chi connectivity index (χ0v) is 12.3. The fraction of sp³-hybridized carbons (Fsp3) is 0.250. The Morgan fingerprint density at radius 3 is 2.62 bits per heavy atom. The second kappa shape index (κ2) is 5.69. The number of nitrogens with two attached hydrogens (primary N) is 1. The molecule has 0 radical (unpaired) electrons. The highest BCUT2D eigenvalue weighted by molar-refractivity contribution is 7.80. The Kier molecular flexibility index (Phi) is 3.75. The molecule has 0 saturated heterocycles. The summed E-state index contributed by atoms with van der Waals surface area (Å²) in [6, 6.07) is 13.3. The zero-order valence-electron chi connectivity index (χ0n) is 11.5. The number of benzene rings is 2. The van der Waals surface area contributed by atoms with Crippen molar-refractivity contribution < 1.29 is 4.79 Å². The number of urea groups is 1. The molecule has 5 heteroatoms. The maximum atomic E-state index is 12.2. The topological polar surface area (TPSA) is 67.1 Å². The number of carbonyl (C=O) groups excluding carboxylic acids is 1. The van der Waals surface area contributed by atoms with Gasteiger partial charge in [0.2, 0.25) is 0 Å². The number of fused-ring (bicyclic) bond motifs is 1. The Bertz CT molecular complexity index is 691. The molecule has 0 heterocycles. The van der Waals surface area contributed by atoms with E-state index in [1.54, 1.807) is 0 Å². The van der Waals surface area contributed by atoms with Crippen LogP contribution in [0.1, 0.15) is 12.8 Å². The molecule has 1 atom stereocenters. The van der Waals surface area contributed by atoms with Gasteiger partial charge in [-0.3, -0.25) is 0 Å². The molecule has 1 unspecified atom stereocenters. The van der Waals surface area contributed by atoms with Crippen molar-refractivity contribution in [3.63, 3.8) is 0 Å². The molecule has 4 nitrogen and oxygen atoms in total. The van der Waals surface area contributed by atoms with Crippen LogP contribution in [0.3, 0.4) is 0 Å². The molecule has 0 spiro atoms. The van der Waals surface area contributed by atoms with Gasteiger partial charge in [0.25, 0.3) is 0 Å². The molecule has 108 valence electrons. The predicted molar refractivity (Wildman–Crippen MR) is 89.4 cm³/mol. The van der Waals surface area contributed by atoms with Crippen LogP contribution in [0, 0.1) is 5.92 Å². The minimum Gasteiger partial charge on any atom is -0.392 e. The van der Waals surface area contributed by atoms with Crippen LogP contribution in [0.15, 0.2) is 42.5 Å². The number of hydrogen-bond donors (Lipinski definition) is 3. The monoisotopic (exact) mass is 299 g/mol. The Hall–Kier alpha value is -2.14. The highest BCUT2D eigenvalue weighted by Crippen LogP contribution is 2.33. The van der Waals surface area contributed by atoms with Crippen LogP contribution in [0.5, 0.6) is 0 Å². The van der Waals surface area contributed by atoms with Crippen molar-refractivity contribution in [3.05, 3.63) is 42.5 Å². The summed E-state index contributed by atoms with van der Waals surface area (Å²) in [6.45, 7) is 0. The minimum atomic E-state index is -0.268. The first-order valence-electron chi connectivity index (χ1n) is 7.00. The van der Waals surface area contributed by atoms with Gasteiger partial charge in [0, 0.05) is 5.39 Å². The average molecular weight is 299 g/mol. The second-order valence-electron chi connectivity index (χ2n) is 5.34. The molecular formula is C16H17N3OS. The molecule has 21 heavy (non-hydrogen) atoms. The molecule has 2 aromatic rings. The molecule has 0 aromatic heterocycles. The molecular weight excluding hydrogens is 282 g/mol. The van der Waals surface area contributed by atoms with E-state index in [-0.39, 0.29) is 12.1 Å². The molecule has 1 aliphatic carbocycles. The number of amides is 2. The Morgan fingerprint density at radius 2 is 1.90 bits per heavy atom. The lowest BCUT2D eigenvalue weighted by atomic mass is 10.1. The Morgan fingerprint density at radius 1 is 1.19 bits per heavy atom. The summed E-state index contributed by atoms with van der Waals surface area (Å²) in [4.78, 5) is 12.5. The van der Waals surface area contributed by atoms with Gasteiger partial charge >= 0.3 is 6.03 Å². The molecule has 2 aromatic carbocycles. The Balaban J connectivity index is 1.75. The van der Waals surface area contributed by atoms with Gasteiger partial charge in [0.1, 0.15) is 0 Å². The number of nitrogens with one attached hydrogen (secondary N) is 2. The van der Waals surface area contributed by atoms with Crippen molar-refractivity contribution in [3.8, 4) is 0 Å². The van der Waals surface area contributed by atoms with Crippen molar-refractivity contribution in [1.29, 1.82) is 0 Å². The van der Waals surface area contributed by atoms with Crippen LogP contribution in [0.25, 0.3) is 10.8 Å². The van der Waals surface area contributed by atoms with E-state index < -0.39 is 0 Å². The maximum absolute atomic E-state index is 12.2. The summed E-state index contributed by atoms with van der Waals surface area (Å²) in [5.41, 5.74) is 6.48. The standard InChI is InChI=1S/C16H17N3OS/c17-15(21)14(11-8-9-11)19-16(20)18-13-7-3-5-10-4-1-2-6-12(10)13/h1-7,11,14H,8-9H2,(H2,17,21)(H2,18,19,20). The maximum Gasteiger partial charge on any atom is 0.319 e. The van der Waals surface area contributed by atoms with Crippen LogP contribution in [-0.4, -0.2) is 17.1 Å². The van der Waals surface area contributed by atoms with E-state index in [0.29, 0.717) is 10.9 Å². The second-order valence-corrected chi connectivity index (χ2v) is 5.81. The first-order valence-corrected chi connectivity index (χ1v) is 7.40. The normalized spacial score (nSPS) is 15.4. The highest BCUT2D eigenvalue weighted by Gasteiger charge is 2.34. The summed E-state index contributed by atoms with van der Waals surface area (Å²) in [5.74, 6) is 0.390. The summed E-state index contributed by atoms with van der Waals surface area (Å²) in [5, 5.41) is 7.86. The largest absolute Gasteiger partial charge is 0.392 e. The first kappa shape index (κ1) is 13.8. The third kappa shape index (κ3) is 3.13. The lowest BCUT2D eigenvalue weighted by molar-refractivity contribution is 0.250. The van der Waals surface area contributed by atoms with E-state index in [2.05, 4.69) is 10.6 Å². The molecule has 2 amide bonds. The van der Waals surface area contributed by atoms with Gasteiger partial charge in [0.15, 0.2) is 0 Å². The van der Waals surface area contributed by atoms with Gasteiger partial charge in [-0.15, -0.1) is 0 Å². The lowest BCUT2D eigenvalue weighted by Crippen LogP contribution is -2.46. The highest BCUT2D eigenvalue weighted by atomic mass is 32.1. The molecule has 1 aliphatic rings. The van der Waals surface area contributed by atoms with Crippen LogP contribution >= 0.6 is 12.2 Å². The number of anilines is 1. The van der Waals surface area contributed by atoms with Crippen molar-refractivity contribution in [1.82, 2.24) is 5.32 Å². The SMILES string of the molecule is NC(=S)C(NC(=O)Nc1cccc2ccccc12)C1CC1. The van der Waals surface area contributed by atoms with Gasteiger partial charge in [0.05, 0.1) is 16.7 Å². The van der Waals surface area contributed by atoms with Gasteiger partial charge in [-0.2, -0.15) is 0 Å². The van der Waals surface area contributed by atoms with Crippen LogP contribution in [0.4, 0.5) is 10.5 Å². The van der Waals surface area contributed by atoms with Gasteiger partial charge in [-0.1, -0.05) is 48.6 Å². The summed E-state index contributed by atoms with van der Waals surface area (Å²) in [7, 11) is 0. The van der Waals surface area contributed by atoms with Gasteiger partial charge in [-0.25, -0.2) is 4.79 Å². The van der Waals surface area contributed by atoms with Gasteiger partial charge in [-0.05, 0) is 30.2 Å². The number of thiocarbonyl (C=S) groups is 1. The van der Waals surface area contributed by atoms with Crippen LogP contribution in [0.2, 0.25) is 0 Å². The van der Waals surface area contributed by atoms with E-state index in [4.69, 9.17) is 18.0 Å². The smallest absolute Gasteiger partial charge is 0.319 e. The fourth-order valence-corrected chi connectivity index (χ4v) is 2.74. The predicted octanol–water partition coefficient (Wildman–Crippen LogP) is 3.03. The number of carbonyl (C=O) groups is 1.